The van der Waals surface area contributed by atoms with Crippen molar-refractivity contribution in [1.29, 1.82) is 0 Å². The summed E-state index contributed by atoms with van der Waals surface area (Å²) in [5.41, 5.74) is 2.14. The average molecular weight is 461 g/mol. The summed E-state index contributed by atoms with van der Waals surface area (Å²) in [6.07, 6.45) is 5.77. The van der Waals surface area contributed by atoms with Crippen molar-refractivity contribution in [2.45, 2.75) is 71.1 Å². The molecule has 1 aliphatic heterocycles. The van der Waals surface area contributed by atoms with Gasteiger partial charge in [-0.2, -0.15) is 5.10 Å². The molecule has 0 saturated heterocycles. The molecule has 1 atom stereocenters. The summed E-state index contributed by atoms with van der Waals surface area (Å²) in [7, 11) is 0. The largest absolute Gasteiger partial charge is 0.463 e. The summed E-state index contributed by atoms with van der Waals surface area (Å²) in [5.74, 6) is 0.979. The van der Waals surface area contributed by atoms with E-state index in [2.05, 4.69) is 17.3 Å². The molecule has 3 heterocycles. The number of furan rings is 1. The molecule has 1 saturated carbocycles. The molecule has 1 fully saturated rings. The highest BCUT2D eigenvalue weighted by Gasteiger charge is 2.48. The lowest BCUT2D eigenvalue weighted by Gasteiger charge is -2.44. The first-order valence-corrected chi connectivity index (χ1v) is 12.1. The van der Waals surface area contributed by atoms with Crippen LogP contribution in [0.4, 0.5) is 0 Å². The molecule has 0 bridgehead atoms. The number of aromatic nitrogens is 2. The van der Waals surface area contributed by atoms with Gasteiger partial charge in [-0.25, -0.2) is 0 Å². The first-order valence-electron chi connectivity index (χ1n) is 12.1. The number of fused-ring (bicyclic) bond motifs is 1. The quantitative estimate of drug-likeness (QED) is 0.605. The Morgan fingerprint density at radius 1 is 1.18 bits per heavy atom. The van der Waals surface area contributed by atoms with Crippen molar-refractivity contribution in [3.63, 3.8) is 0 Å². The van der Waals surface area contributed by atoms with E-state index in [-0.39, 0.29) is 24.4 Å². The number of hydrogen-bond donors (Lipinski definition) is 1. The van der Waals surface area contributed by atoms with Crippen LogP contribution in [0, 0.1) is 12.8 Å². The zero-order chi connectivity index (χ0) is 23.9. The topological polar surface area (TPSA) is 80.4 Å². The van der Waals surface area contributed by atoms with Crippen LogP contribution in [0.25, 0.3) is 11.5 Å². The van der Waals surface area contributed by atoms with Crippen molar-refractivity contribution in [3.05, 3.63) is 65.5 Å². The Kier molecular flexibility index (Phi) is 5.80. The number of nitrogens with zero attached hydrogens (tertiary/aromatic N) is 3. The van der Waals surface area contributed by atoms with Crippen molar-refractivity contribution < 1.29 is 14.0 Å². The maximum Gasteiger partial charge on any atom is 0.273 e. The Bertz CT molecular complexity index is 1170. The number of carbonyl (C=O) groups excluding carboxylic acids is 2. The molecule has 7 heteroatoms. The Labute approximate surface area is 200 Å². The van der Waals surface area contributed by atoms with Crippen molar-refractivity contribution in [3.8, 4) is 11.5 Å². The third kappa shape index (κ3) is 4.15. The van der Waals surface area contributed by atoms with Gasteiger partial charge < -0.3 is 14.6 Å². The van der Waals surface area contributed by atoms with Crippen molar-refractivity contribution >= 4 is 11.8 Å². The molecule has 3 aromatic rings. The van der Waals surface area contributed by atoms with Crippen LogP contribution in [-0.2, 0) is 17.9 Å². The minimum atomic E-state index is -1.06. The van der Waals surface area contributed by atoms with Gasteiger partial charge in [0, 0.05) is 18.7 Å². The standard InChI is InChI=1S/C27H32N4O3/c1-18-6-10-20(11-7-18)16-30-25(32)23-15-22(24-5-4-14-34-24)29-31(23)17-27(30,3)26(33)28-21-12-8-19(2)9-13-21/h4-7,10-11,14-15,19,21H,8-9,12-13,16-17H2,1-3H3,(H,28,33)/t19?,21?,27-/m0/s1. The zero-order valence-corrected chi connectivity index (χ0v) is 20.1. The van der Waals surface area contributed by atoms with E-state index in [0.29, 0.717) is 29.6 Å². The first-order chi connectivity index (χ1) is 16.3. The summed E-state index contributed by atoms with van der Waals surface area (Å²) in [5, 5.41) is 7.89. The van der Waals surface area contributed by atoms with Gasteiger partial charge in [-0.15, -0.1) is 0 Å². The Morgan fingerprint density at radius 2 is 1.91 bits per heavy atom. The normalized spacial score (nSPS) is 24.7. The fraction of sp³-hybridized carbons (Fsp3) is 0.444. The van der Waals surface area contributed by atoms with E-state index in [1.54, 1.807) is 28.0 Å². The van der Waals surface area contributed by atoms with E-state index in [4.69, 9.17) is 4.42 Å². The number of hydrogen-bond acceptors (Lipinski definition) is 4. The van der Waals surface area contributed by atoms with E-state index < -0.39 is 5.54 Å². The van der Waals surface area contributed by atoms with Crippen LogP contribution in [0.2, 0.25) is 0 Å². The van der Waals surface area contributed by atoms with Crippen molar-refractivity contribution in [2.75, 3.05) is 0 Å². The fourth-order valence-corrected chi connectivity index (χ4v) is 5.06. The molecule has 34 heavy (non-hydrogen) atoms. The molecule has 178 valence electrons. The molecule has 2 aromatic heterocycles. The molecular weight excluding hydrogens is 428 g/mol. The van der Waals surface area contributed by atoms with E-state index in [1.807, 2.05) is 44.2 Å². The second-order valence-electron chi connectivity index (χ2n) is 10.1. The van der Waals surface area contributed by atoms with Crippen molar-refractivity contribution in [1.82, 2.24) is 20.0 Å². The molecule has 5 rings (SSSR count). The summed E-state index contributed by atoms with van der Waals surface area (Å²) < 4.78 is 7.16. The lowest BCUT2D eigenvalue weighted by atomic mass is 9.86. The van der Waals surface area contributed by atoms with Gasteiger partial charge in [0.15, 0.2) is 5.76 Å². The smallest absolute Gasteiger partial charge is 0.273 e. The minimum absolute atomic E-state index is 0.117. The molecule has 7 nitrogen and oxygen atoms in total. The van der Waals surface area contributed by atoms with Crippen LogP contribution in [-0.4, -0.2) is 38.1 Å². The van der Waals surface area contributed by atoms with Crippen LogP contribution < -0.4 is 5.32 Å². The highest BCUT2D eigenvalue weighted by molar-refractivity contribution is 6.00. The van der Waals surface area contributed by atoms with E-state index in [0.717, 1.165) is 36.8 Å². The molecule has 2 aliphatic rings. The number of nitrogens with one attached hydrogen (secondary N) is 1. The van der Waals surface area contributed by atoms with Gasteiger partial charge in [-0.1, -0.05) is 36.8 Å². The van der Waals surface area contributed by atoms with Gasteiger partial charge in [0.25, 0.3) is 5.91 Å². The monoisotopic (exact) mass is 460 g/mol. The molecule has 1 aliphatic carbocycles. The molecule has 2 amide bonds. The summed E-state index contributed by atoms with van der Waals surface area (Å²) >= 11 is 0. The molecule has 1 aromatic carbocycles. The highest BCUT2D eigenvalue weighted by Crippen LogP contribution is 2.32. The lowest BCUT2D eigenvalue weighted by Crippen LogP contribution is -2.64. The van der Waals surface area contributed by atoms with Crippen LogP contribution in [0.5, 0.6) is 0 Å². The average Bonchev–Trinajstić information content (AvgIpc) is 3.49. The van der Waals surface area contributed by atoms with Crippen LogP contribution >= 0.6 is 0 Å². The molecule has 0 radical (unpaired) electrons. The van der Waals surface area contributed by atoms with E-state index >= 15 is 0 Å². The number of carbonyl (C=O) groups is 2. The fourth-order valence-electron chi connectivity index (χ4n) is 5.06. The highest BCUT2D eigenvalue weighted by atomic mass is 16.3. The predicted molar refractivity (Wildman–Crippen MR) is 129 cm³/mol. The number of benzene rings is 1. The van der Waals surface area contributed by atoms with Gasteiger partial charge in [0.2, 0.25) is 5.91 Å². The summed E-state index contributed by atoms with van der Waals surface area (Å²) in [6.45, 7) is 6.80. The van der Waals surface area contributed by atoms with Crippen LogP contribution in [0.1, 0.15) is 61.1 Å². The number of aryl methyl sites for hydroxylation is 1. The number of rotatable bonds is 5. The minimum Gasteiger partial charge on any atom is -0.463 e. The van der Waals surface area contributed by atoms with Gasteiger partial charge in [0.1, 0.15) is 16.9 Å². The van der Waals surface area contributed by atoms with Gasteiger partial charge in [-0.05, 0) is 63.1 Å². The first kappa shape index (κ1) is 22.4. The third-order valence-corrected chi connectivity index (χ3v) is 7.37. The Morgan fingerprint density at radius 3 is 2.59 bits per heavy atom. The maximum absolute atomic E-state index is 13.8. The summed E-state index contributed by atoms with van der Waals surface area (Å²) in [4.78, 5) is 29.2. The number of amides is 2. The zero-order valence-electron chi connectivity index (χ0n) is 20.1. The van der Waals surface area contributed by atoms with Gasteiger partial charge >= 0.3 is 0 Å². The molecule has 1 N–H and O–H groups in total. The van der Waals surface area contributed by atoms with E-state index in [9.17, 15) is 9.59 Å². The van der Waals surface area contributed by atoms with Crippen LogP contribution in [0.3, 0.4) is 0 Å². The summed E-state index contributed by atoms with van der Waals surface area (Å²) in [6, 6.07) is 13.6. The van der Waals surface area contributed by atoms with Crippen molar-refractivity contribution in [2.24, 2.45) is 5.92 Å². The van der Waals surface area contributed by atoms with Gasteiger partial charge in [-0.3, -0.25) is 14.3 Å². The molecular formula is C27H32N4O3. The maximum atomic E-state index is 13.8. The van der Waals surface area contributed by atoms with Gasteiger partial charge in [0.05, 0.1) is 12.8 Å². The van der Waals surface area contributed by atoms with E-state index in [1.165, 1.54) is 0 Å². The second kappa shape index (κ2) is 8.78. The molecule has 0 spiro atoms. The third-order valence-electron chi connectivity index (χ3n) is 7.37. The van der Waals surface area contributed by atoms with Crippen LogP contribution in [0.15, 0.2) is 53.1 Å². The molecule has 0 unspecified atom stereocenters. The SMILES string of the molecule is Cc1ccc(CN2C(=O)c3cc(-c4ccco4)nn3C[C@@]2(C)C(=O)NC2CCC(C)CC2)cc1. The predicted octanol–water partition coefficient (Wildman–Crippen LogP) is 4.56. The second-order valence-corrected chi connectivity index (χ2v) is 10.1. The Hall–Kier alpha value is -3.35. The lowest BCUT2D eigenvalue weighted by molar-refractivity contribution is -0.134. The Balaban J connectivity index is 1.48.